The van der Waals surface area contributed by atoms with Crippen LogP contribution in [0.25, 0.3) is 0 Å². The van der Waals surface area contributed by atoms with Gasteiger partial charge in [0.2, 0.25) is 0 Å². The molecule has 0 unspecified atom stereocenters. The summed E-state index contributed by atoms with van der Waals surface area (Å²) >= 11 is 3.23. The van der Waals surface area contributed by atoms with Crippen LogP contribution in [0.4, 0.5) is 0 Å². The van der Waals surface area contributed by atoms with Crippen LogP contribution in [0, 0.1) is 0 Å². The number of unbranched alkanes of at least 4 members (excludes halogenated alkanes) is 2. The summed E-state index contributed by atoms with van der Waals surface area (Å²) in [6.45, 7) is 4.38. The predicted octanol–water partition coefficient (Wildman–Crippen LogP) is 2.52. The van der Waals surface area contributed by atoms with Crippen LogP contribution in [0.15, 0.2) is 10.1 Å². The largest absolute Gasteiger partial charge is 0.469 e. The van der Waals surface area contributed by atoms with Gasteiger partial charge in [-0.25, -0.2) is 0 Å². The Morgan fingerprint density at radius 2 is 1.82 bits per heavy atom. The lowest BCUT2D eigenvalue weighted by molar-refractivity contribution is -0.140. The van der Waals surface area contributed by atoms with E-state index >= 15 is 0 Å². The number of hydrogen-bond acceptors (Lipinski definition) is 3. The Kier molecular flexibility index (Phi) is 8.76. The van der Waals surface area contributed by atoms with E-state index in [1.165, 1.54) is 7.11 Å². The molecule has 17 heavy (non-hydrogen) atoms. The van der Waals surface area contributed by atoms with E-state index in [1.807, 2.05) is 13.8 Å². The molecule has 0 rings (SSSR count). The number of nitrogens with one attached hydrogen (secondary N) is 1. The zero-order chi connectivity index (χ0) is 13.3. The monoisotopic (exact) mass is 305 g/mol. The Morgan fingerprint density at radius 3 is 2.35 bits per heavy atom. The van der Waals surface area contributed by atoms with Crippen LogP contribution in [0.2, 0.25) is 0 Å². The fourth-order valence-electron chi connectivity index (χ4n) is 1.18. The van der Waals surface area contributed by atoms with Crippen molar-refractivity contribution in [2.45, 2.75) is 39.5 Å². The van der Waals surface area contributed by atoms with Crippen molar-refractivity contribution in [2.24, 2.45) is 0 Å². The van der Waals surface area contributed by atoms with Gasteiger partial charge in [0, 0.05) is 13.0 Å². The number of carbonyl (C=O) groups excluding carboxylic acids is 2. The van der Waals surface area contributed by atoms with Gasteiger partial charge in [-0.2, -0.15) is 0 Å². The molecule has 0 spiro atoms. The van der Waals surface area contributed by atoms with Crippen molar-refractivity contribution < 1.29 is 14.3 Å². The third-order valence-corrected chi connectivity index (χ3v) is 3.36. The third-order valence-electron chi connectivity index (χ3n) is 2.21. The van der Waals surface area contributed by atoms with Crippen molar-refractivity contribution in [3.63, 3.8) is 0 Å². The van der Waals surface area contributed by atoms with Gasteiger partial charge in [-0.1, -0.05) is 12.0 Å². The molecule has 0 heterocycles. The van der Waals surface area contributed by atoms with Crippen LogP contribution >= 0.6 is 15.9 Å². The fourth-order valence-corrected chi connectivity index (χ4v) is 1.32. The van der Waals surface area contributed by atoms with Crippen LogP contribution in [-0.2, 0) is 14.3 Å². The van der Waals surface area contributed by atoms with Crippen molar-refractivity contribution in [3.8, 4) is 0 Å². The molecular weight excluding hydrogens is 286 g/mol. The number of methoxy groups -OCH3 is 1. The summed E-state index contributed by atoms with van der Waals surface area (Å²) in [6, 6.07) is 0. The van der Waals surface area contributed by atoms with Crippen LogP contribution < -0.4 is 5.32 Å². The second-order valence-corrected chi connectivity index (χ2v) is 4.75. The zero-order valence-electron chi connectivity index (χ0n) is 10.6. The average molecular weight is 306 g/mol. The smallest absolute Gasteiger partial charge is 0.305 e. The molecule has 0 bridgehead atoms. The molecule has 1 N–H and O–H groups in total. The lowest BCUT2D eigenvalue weighted by atomic mass is 10.2. The zero-order valence-corrected chi connectivity index (χ0v) is 12.2. The summed E-state index contributed by atoms with van der Waals surface area (Å²) in [7, 11) is 1.39. The molecule has 0 saturated carbocycles. The molecule has 0 saturated heterocycles. The summed E-state index contributed by atoms with van der Waals surface area (Å²) in [5, 5.41) is 2.81. The maximum atomic E-state index is 11.5. The highest BCUT2D eigenvalue weighted by atomic mass is 79.9. The van der Waals surface area contributed by atoms with Crippen LogP contribution in [0.5, 0.6) is 0 Å². The molecule has 0 radical (unpaired) electrons. The number of rotatable bonds is 7. The molecule has 0 aromatic rings. The Labute approximate surface area is 111 Å². The molecule has 0 aliphatic rings. The number of allylic oxidation sites excluding steroid dienone is 1. The highest BCUT2D eigenvalue weighted by Gasteiger charge is 2.06. The first-order valence-electron chi connectivity index (χ1n) is 5.67. The van der Waals surface area contributed by atoms with Gasteiger partial charge >= 0.3 is 5.97 Å². The van der Waals surface area contributed by atoms with Crippen LogP contribution in [0.3, 0.4) is 0 Å². The summed E-state index contributed by atoms with van der Waals surface area (Å²) < 4.78 is 5.12. The summed E-state index contributed by atoms with van der Waals surface area (Å²) in [5.41, 5.74) is 0.952. The van der Waals surface area contributed by atoms with Gasteiger partial charge in [0.15, 0.2) is 0 Å². The van der Waals surface area contributed by atoms with E-state index in [0.717, 1.165) is 24.8 Å². The molecule has 5 heteroatoms. The number of hydrogen-bond donors (Lipinski definition) is 1. The number of amides is 1. The lowest BCUT2D eigenvalue weighted by Crippen LogP contribution is -2.24. The van der Waals surface area contributed by atoms with E-state index in [9.17, 15) is 9.59 Å². The maximum absolute atomic E-state index is 11.5. The predicted molar refractivity (Wildman–Crippen MR) is 70.8 cm³/mol. The Morgan fingerprint density at radius 1 is 1.18 bits per heavy atom. The molecule has 0 aliphatic carbocycles. The lowest BCUT2D eigenvalue weighted by Gasteiger charge is -2.05. The minimum atomic E-state index is -0.179. The van der Waals surface area contributed by atoms with Gasteiger partial charge in [0.25, 0.3) is 5.91 Å². The van der Waals surface area contributed by atoms with Gasteiger partial charge in [0.05, 0.1) is 11.6 Å². The van der Waals surface area contributed by atoms with E-state index in [2.05, 4.69) is 26.0 Å². The first-order valence-corrected chi connectivity index (χ1v) is 6.46. The van der Waals surface area contributed by atoms with E-state index < -0.39 is 0 Å². The third kappa shape index (κ3) is 7.96. The second kappa shape index (κ2) is 9.22. The number of carbonyl (C=O) groups is 2. The maximum Gasteiger partial charge on any atom is 0.305 e. The summed E-state index contributed by atoms with van der Waals surface area (Å²) in [6.07, 6.45) is 3.02. The molecule has 0 fully saturated rings. The quantitative estimate of drug-likeness (QED) is 0.447. The fraction of sp³-hybridized carbons (Fsp3) is 0.667. The molecular formula is C12H20BrNO3. The van der Waals surface area contributed by atoms with Gasteiger partial charge in [-0.05, 0) is 42.6 Å². The topological polar surface area (TPSA) is 55.4 Å². The van der Waals surface area contributed by atoms with E-state index in [0.29, 0.717) is 17.4 Å². The number of ether oxygens (including phenoxy) is 1. The van der Waals surface area contributed by atoms with E-state index in [4.69, 9.17) is 0 Å². The standard InChI is InChI=1S/C12H20BrNO3/c1-9(2)11(13)12(16)14-8-6-4-5-7-10(15)17-3/h4-8H2,1-3H3,(H,14,16). The van der Waals surface area contributed by atoms with Gasteiger partial charge in [-0.3, -0.25) is 9.59 Å². The summed E-state index contributed by atoms with van der Waals surface area (Å²) in [4.78, 5) is 22.3. The van der Waals surface area contributed by atoms with Crippen LogP contribution in [-0.4, -0.2) is 25.5 Å². The van der Waals surface area contributed by atoms with Crippen LogP contribution in [0.1, 0.15) is 39.5 Å². The minimum absolute atomic E-state index is 0.0852. The summed E-state index contributed by atoms with van der Waals surface area (Å²) in [5.74, 6) is -0.265. The van der Waals surface area contributed by atoms with E-state index in [-0.39, 0.29) is 11.9 Å². The normalized spacial score (nSPS) is 9.65. The second-order valence-electron chi connectivity index (χ2n) is 3.96. The highest BCUT2D eigenvalue weighted by molar-refractivity contribution is 9.12. The number of esters is 1. The first kappa shape index (κ1) is 16.2. The molecule has 4 nitrogen and oxygen atoms in total. The van der Waals surface area contributed by atoms with Crippen molar-refractivity contribution in [1.29, 1.82) is 0 Å². The average Bonchev–Trinajstić information content (AvgIpc) is 2.31. The Balaban J connectivity index is 3.56. The minimum Gasteiger partial charge on any atom is -0.469 e. The molecule has 1 amide bonds. The van der Waals surface area contributed by atoms with Gasteiger partial charge in [0.1, 0.15) is 0 Å². The molecule has 0 aliphatic heterocycles. The van der Waals surface area contributed by atoms with Gasteiger partial charge < -0.3 is 10.1 Å². The molecule has 0 atom stereocenters. The highest BCUT2D eigenvalue weighted by Crippen LogP contribution is 2.10. The van der Waals surface area contributed by atoms with Crippen molar-refractivity contribution in [3.05, 3.63) is 10.1 Å². The Bertz CT molecular complexity index is 296. The van der Waals surface area contributed by atoms with E-state index in [1.54, 1.807) is 0 Å². The van der Waals surface area contributed by atoms with Crippen molar-refractivity contribution in [2.75, 3.05) is 13.7 Å². The Hall–Kier alpha value is -0.840. The molecule has 0 aromatic heterocycles. The molecule has 98 valence electrons. The first-order chi connectivity index (χ1) is 7.99. The number of halogens is 1. The van der Waals surface area contributed by atoms with Gasteiger partial charge in [-0.15, -0.1) is 0 Å². The van der Waals surface area contributed by atoms with Crippen molar-refractivity contribution >= 4 is 27.8 Å². The SMILES string of the molecule is COC(=O)CCCCCNC(=O)C(Br)=C(C)C. The molecule has 0 aromatic carbocycles. The van der Waals surface area contributed by atoms with Crippen molar-refractivity contribution in [1.82, 2.24) is 5.32 Å².